The summed E-state index contributed by atoms with van der Waals surface area (Å²) in [7, 11) is 0. The molecule has 1 aromatic rings. The number of piperazine rings is 1. The van der Waals surface area contributed by atoms with Crippen LogP contribution >= 0.6 is 0 Å². The van der Waals surface area contributed by atoms with Crippen LogP contribution in [0.25, 0.3) is 0 Å². The van der Waals surface area contributed by atoms with E-state index in [1.807, 2.05) is 11.8 Å². The third kappa shape index (κ3) is 5.07. The summed E-state index contributed by atoms with van der Waals surface area (Å²) in [5.74, 6) is 0.349. The van der Waals surface area contributed by atoms with Crippen LogP contribution in [0.4, 0.5) is 0 Å². The fourth-order valence-corrected chi connectivity index (χ4v) is 3.42. The first kappa shape index (κ1) is 18.9. The van der Waals surface area contributed by atoms with Crippen molar-refractivity contribution in [3.8, 4) is 0 Å². The number of hydrogen-bond donors (Lipinski definition) is 1. The van der Waals surface area contributed by atoms with Gasteiger partial charge in [-0.25, -0.2) is 0 Å². The molecule has 1 aromatic carbocycles. The predicted molar refractivity (Wildman–Crippen MR) is 103 cm³/mol. The van der Waals surface area contributed by atoms with Gasteiger partial charge in [-0.05, 0) is 43.7 Å². The fraction of sp³-hybridized carbons (Fsp3) is 0.619. The van der Waals surface area contributed by atoms with Crippen molar-refractivity contribution in [1.82, 2.24) is 15.1 Å². The second kappa shape index (κ2) is 8.67. The summed E-state index contributed by atoms with van der Waals surface area (Å²) in [5.41, 5.74) is 2.55. The molecule has 26 heavy (non-hydrogen) atoms. The van der Waals surface area contributed by atoms with E-state index >= 15 is 0 Å². The topological polar surface area (TPSA) is 52.7 Å². The Kier molecular flexibility index (Phi) is 6.30. The lowest BCUT2D eigenvalue weighted by molar-refractivity contribution is -0.134. The molecule has 0 spiro atoms. The van der Waals surface area contributed by atoms with Crippen molar-refractivity contribution < 1.29 is 9.59 Å². The van der Waals surface area contributed by atoms with Crippen LogP contribution in [0, 0.1) is 0 Å². The van der Waals surface area contributed by atoms with E-state index < -0.39 is 0 Å². The van der Waals surface area contributed by atoms with Crippen molar-refractivity contribution in [2.24, 2.45) is 0 Å². The Morgan fingerprint density at radius 2 is 1.69 bits per heavy atom. The van der Waals surface area contributed by atoms with E-state index in [9.17, 15) is 9.59 Å². The van der Waals surface area contributed by atoms with Gasteiger partial charge in [0.15, 0.2) is 0 Å². The summed E-state index contributed by atoms with van der Waals surface area (Å²) >= 11 is 0. The number of nitrogens with zero attached hydrogens (tertiary/aromatic N) is 2. The first-order chi connectivity index (χ1) is 12.6. The van der Waals surface area contributed by atoms with Crippen LogP contribution in [0.1, 0.15) is 44.2 Å². The molecule has 1 heterocycles. The normalized spacial score (nSPS) is 19.2. The Hall–Kier alpha value is -1.88. The average Bonchev–Trinajstić information content (AvgIpc) is 3.50. The first-order valence-corrected chi connectivity index (χ1v) is 9.97. The van der Waals surface area contributed by atoms with Crippen molar-refractivity contribution in [1.29, 1.82) is 0 Å². The van der Waals surface area contributed by atoms with Crippen LogP contribution in [0.2, 0.25) is 0 Å². The summed E-state index contributed by atoms with van der Waals surface area (Å²) < 4.78 is 0. The molecule has 0 bridgehead atoms. The maximum Gasteiger partial charge on any atom is 0.237 e. The van der Waals surface area contributed by atoms with Gasteiger partial charge in [0.05, 0.1) is 6.04 Å². The Bertz CT molecular complexity index is 617. The number of benzene rings is 1. The standard InChI is InChI=1S/C21H31N3O2/c1-3-17-4-6-18(7-5-17)8-11-20(25)24-14-12-23(13-15-24)16(2)21(26)22-19-9-10-19/h4-7,16,19H,3,8-15H2,1-2H3,(H,22,26). The quantitative estimate of drug-likeness (QED) is 0.812. The van der Waals surface area contributed by atoms with Crippen LogP contribution < -0.4 is 5.32 Å². The second-order valence-corrected chi connectivity index (χ2v) is 7.55. The molecule has 1 atom stereocenters. The molecule has 1 saturated carbocycles. The molecule has 2 fully saturated rings. The van der Waals surface area contributed by atoms with E-state index in [4.69, 9.17) is 0 Å². The van der Waals surface area contributed by atoms with Gasteiger partial charge < -0.3 is 10.2 Å². The zero-order valence-electron chi connectivity index (χ0n) is 16.0. The maximum absolute atomic E-state index is 12.5. The van der Waals surface area contributed by atoms with Crippen molar-refractivity contribution in [2.75, 3.05) is 26.2 Å². The molecule has 2 aliphatic rings. The second-order valence-electron chi connectivity index (χ2n) is 7.55. The highest BCUT2D eigenvalue weighted by Crippen LogP contribution is 2.19. The van der Waals surface area contributed by atoms with Gasteiger partial charge in [-0.15, -0.1) is 0 Å². The van der Waals surface area contributed by atoms with Crippen molar-refractivity contribution >= 4 is 11.8 Å². The molecule has 2 amide bonds. The average molecular weight is 357 g/mol. The third-order valence-electron chi connectivity index (χ3n) is 5.58. The maximum atomic E-state index is 12.5. The van der Waals surface area contributed by atoms with Crippen LogP contribution in [0.15, 0.2) is 24.3 Å². The van der Waals surface area contributed by atoms with E-state index in [1.165, 1.54) is 11.1 Å². The molecule has 0 radical (unpaired) electrons. The SMILES string of the molecule is CCc1ccc(CCC(=O)N2CCN(C(C)C(=O)NC3CC3)CC2)cc1. The molecule has 1 N–H and O–H groups in total. The first-order valence-electron chi connectivity index (χ1n) is 9.97. The van der Waals surface area contributed by atoms with Crippen LogP contribution in [-0.4, -0.2) is 59.9 Å². The van der Waals surface area contributed by atoms with Gasteiger partial charge >= 0.3 is 0 Å². The van der Waals surface area contributed by atoms with Gasteiger partial charge in [0.25, 0.3) is 0 Å². The molecule has 5 heteroatoms. The summed E-state index contributed by atoms with van der Waals surface area (Å²) in [4.78, 5) is 28.8. The number of aryl methyl sites for hydroxylation is 2. The molecular weight excluding hydrogens is 326 g/mol. The van der Waals surface area contributed by atoms with Crippen LogP contribution in [0.5, 0.6) is 0 Å². The monoisotopic (exact) mass is 357 g/mol. The molecular formula is C21H31N3O2. The predicted octanol–water partition coefficient (Wildman–Crippen LogP) is 1.99. The van der Waals surface area contributed by atoms with Crippen molar-refractivity contribution in [3.05, 3.63) is 35.4 Å². The third-order valence-corrected chi connectivity index (χ3v) is 5.58. The van der Waals surface area contributed by atoms with Crippen molar-refractivity contribution in [3.63, 3.8) is 0 Å². The van der Waals surface area contributed by atoms with E-state index in [0.717, 1.165) is 38.8 Å². The van der Waals surface area contributed by atoms with Gasteiger partial charge in [0.2, 0.25) is 11.8 Å². The highest BCUT2D eigenvalue weighted by atomic mass is 16.2. The largest absolute Gasteiger partial charge is 0.352 e. The van der Waals surface area contributed by atoms with Gasteiger partial charge in [-0.3, -0.25) is 14.5 Å². The molecule has 142 valence electrons. The molecule has 3 rings (SSSR count). The number of amides is 2. The lowest BCUT2D eigenvalue weighted by atomic mass is 10.1. The minimum Gasteiger partial charge on any atom is -0.352 e. The zero-order valence-corrected chi connectivity index (χ0v) is 16.0. The molecule has 0 aromatic heterocycles. The fourth-order valence-electron chi connectivity index (χ4n) is 3.42. The lowest BCUT2D eigenvalue weighted by Crippen LogP contribution is -2.55. The number of nitrogens with one attached hydrogen (secondary N) is 1. The lowest BCUT2D eigenvalue weighted by Gasteiger charge is -2.37. The Morgan fingerprint density at radius 3 is 2.27 bits per heavy atom. The number of carbonyl (C=O) groups excluding carboxylic acids is 2. The summed E-state index contributed by atoms with van der Waals surface area (Å²) in [6.07, 6.45) is 4.62. The molecule has 1 saturated heterocycles. The van der Waals surface area contributed by atoms with Gasteiger partial charge in [-0.2, -0.15) is 0 Å². The zero-order chi connectivity index (χ0) is 18.5. The number of rotatable bonds is 7. The summed E-state index contributed by atoms with van der Waals surface area (Å²) in [6, 6.07) is 8.84. The Labute approximate surface area is 156 Å². The van der Waals surface area contributed by atoms with Crippen LogP contribution in [-0.2, 0) is 22.4 Å². The van der Waals surface area contributed by atoms with E-state index in [0.29, 0.717) is 25.6 Å². The molecule has 1 aliphatic carbocycles. The number of carbonyl (C=O) groups is 2. The summed E-state index contributed by atoms with van der Waals surface area (Å²) in [5, 5.41) is 3.07. The smallest absolute Gasteiger partial charge is 0.237 e. The number of hydrogen-bond acceptors (Lipinski definition) is 3. The summed E-state index contributed by atoms with van der Waals surface area (Å²) in [6.45, 7) is 7.10. The van der Waals surface area contributed by atoms with Crippen LogP contribution in [0.3, 0.4) is 0 Å². The molecule has 1 unspecified atom stereocenters. The van der Waals surface area contributed by atoms with Gasteiger partial charge in [-0.1, -0.05) is 31.2 Å². The molecule has 1 aliphatic heterocycles. The van der Waals surface area contributed by atoms with E-state index in [-0.39, 0.29) is 17.9 Å². The van der Waals surface area contributed by atoms with E-state index in [2.05, 4.69) is 41.4 Å². The minimum absolute atomic E-state index is 0.107. The van der Waals surface area contributed by atoms with E-state index in [1.54, 1.807) is 0 Å². The van der Waals surface area contributed by atoms with Gasteiger partial charge in [0, 0.05) is 38.6 Å². The highest BCUT2D eigenvalue weighted by Gasteiger charge is 2.30. The van der Waals surface area contributed by atoms with Crippen molar-refractivity contribution in [2.45, 2.75) is 58.0 Å². The Morgan fingerprint density at radius 1 is 1.08 bits per heavy atom. The highest BCUT2D eigenvalue weighted by molar-refractivity contribution is 5.82. The van der Waals surface area contributed by atoms with Gasteiger partial charge in [0.1, 0.15) is 0 Å². The molecule has 5 nitrogen and oxygen atoms in total. The minimum atomic E-state index is -0.107. The Balaban J connectivity index is 1.40.